The number of carbonyl (C=O) groups excluding carboxylic acids is 1. The Labute approximate surface area is 189 Å². The number of amides is 1. The lowest BCUT2D eigenvalue weighted by molar-refractivity contribution is -0.129. The first-order valence-electron chi connectivity index (χ1n) is 10.1. The van der Waals surface area contributed by atoms with Crippen LogP contribution in [0.5, 0.6) is 0 Å². The summed E-state index contributed by atoms with van der Waals surface area (Å²) >= 11 is 3.07. The van der Waals surface area contributed by atoms with Crippen molar-refractivity contribution in [2.45, 2.75) is 38.6 Å². The molecule has 3 heterocycles. The number of hydrogen-bond acceptors (Lipinski definition) is 6. The fraction of sp³-hybridized carbons (Fsp3) is 0.261. The van der Waals surface area contributed by atoms with E-state index in [1.807, 2.05) is 46.7 Å². The van der Waals surface area contributed by atoms with Crippen molar-refractivity contribution < 1.29 is 9.21 Å². The molecule has 160 valence electrons. The maximum Gasteiger partial charge on any atom is 0.233 e. The van der Waals surface area contributed by atoms with Gasteiger partial charge in [0.1, 0.15) is 5.76 Å². The summed E-state index contributed by atoms with van der Waals surface area (Å²) in [5, 5.41) is 11.6. The van der Waals surface area contributed by atoms with Crippen molar-refractivity contribution in [3.05, 3.63) is 76.4 Å². The van der Waals surface area contributed by atoms with Crippen LogP contribution in [0.2, 0.25) is 0 Å². The van der Waals surface area contributed by atoms with Crippen molar-refractivity contribution in [3.63, 3.8) is 0 Å². The molecular formula is C23H24N4O2S2. The van der Waals surface area contributed by atoms with E-state index in [0.717, 1.165) is 39.3 Å². The van der Waals surface area contributed by atoms with Crippen LogP contribution < -0.4 is 0 Å². The molecule has 31 heavy (non-hydrogen) atoms. The fourth-order valence-electron chi connectivity index (χ4n) is 3.33. The Morgan fingerprint density at radius 1 is 1.13 bits per heavy atom. The van der Waals surface area contributed by atoms with Gasteiger partial charge in [0.05, 0.1) is 25.1 Å². The molecule has 4 aromatic rings. The molecule has 0 saturated heterocycles. The summed E-state index contributed by atoms with van der Waals surface area (Å²) in [4.78, 5) is 16.1. The monoisotopic (exact) mass is 452 g/mol. The summed E-state index contributed by atoms with van der Waals surface area (Å²) in [5.74, 6) is 1.94. The highest BCUT2D eigenvalue weighted by molar-refractivity contribution is 7.99. The molecule has 0 fully saturated rings. The van der Waals surface area contributed by atoms with Crippen molar-refractivity contribution in [1.82, 2.24) is 19.7 Å². The van der Waals surface area contributed by atoms with Crippen LogP contribution in [0, 0.1) is 6.92 Å². The van der Waals surface area contributed by atoms with Gasteiger partial charge in [-0.2, -0.15) is 0 Å². The van der Waals surface area contributed by atoms with Gasteiger partial charge in [0.25, 0.3) is 0 Å². The first-order valence-corrected chi connectivity index (χ1v) is 12.0. The summed E-state index contributed by atoms with van der Waals surface area (Å²) in [6.07, 6.45) is 1.63. The highest BCUT2D eigenvalue weighted by Gasteiger charge is 2.20. The van der Waals surface area contributed by atoms with Gasteiger partial charge in [-0.3, -0.25) is 4.79 Å². The molecule has 0 radical (unpaired) electrons. The highest BCUT2D eigenvalue weighted by Crippen LogP contribution is 2.27. The standard InChI is InChI=1S/C23H24N4O2S2/c1-3-27-22(20-11-5-4-8-17(20)2)24-25-23(27)31-16-21(28)26(14-18-9-6-12-29-18)15-19-10-7-13-30-19/h4-13H,3,14-16H2,1-2H3. The Kier molecular flexibility index (Phi) is 6.89. The van der Waals surface area contributed by atoms with E-state index in [0.29, 0.717) is 13.1 Å². The molecule has 8 heteroatoms. The Morgan fingerprint density at radius 3 is 2.71 bits per heavy atom. The van der Waals surface area contributed by atoms with E-state index >= 15 is 0 Å². The first-order chi connectivity index (χ1) is 15.2. The third-order valence-electron chi connectivity index (χ3n) is 4.95. The zero-order valence-electron chi connectivity index (χ0n) is 17.5. The van der Waals surface area contributed by atoms with Crippen LogP contribution in [0.15, 0.2) is 69.7 Å². The van der Waals surface area contributed by atoms with Crippen molar-refractivity contribution in [2.75, 3.05) is 5.75 Å². The maximum absolute atomic E-state index is 13.1. The summed E-state index contributed by atoms with van der Waals surface area (Å²) in [5.41, 5.74) is 2.21. The van der Waals surface area contributed by atoms with Crippen LogP contribution in [-0.2, 0) is 24.4 Å². The molecule has 3 aromatic heterocycles. The van der Waals surface area contributed by atoms with Crippen molar-refractivity contribution in [1.29, 1.82) is 0 Å². The van der Waals surface area contributed by atoms with Gasteiger partial charge in [0.15, 0.2) is 11.0 Å². The van der Waals surface area contributed by atoms with Crippen LogP contribution in [0.1, 0.15) is 23.1 Å². The number of benzene rings is 1. The normalized spacial score (nSPS) is 11.0. The molecule has 1 aromatic carbocycles. The van der Waals surface area contributed by atoms with Crippen LogP contribution in [0.25, 0.3) is 11.4 Å². The van der Waals surface area contributed by atoms with Crippen molar-refractivity contribution in [2.24, 2.45) is 0 Å². The molecule has 0 aliphatic heterocycles. The topological polar surface area (TPSA) is 64.2 Å². The van der Waals surface area contributed by atoms with Crippen LogP contribution in [-0.4, -0.2) is 31.3 Å². The second-order valence-corrected chi connectivity index (χ2v) is 9.04. The van der Waals surface area contributed by atoms with Crippen LogP contribution in [0.4, 0.5) is 0 Å². The number of aryl methyl sites for hydroxylation is 1. The molecule has 0 N–H and O–H groups in total. The smallest absolute Gasteiger partial charge is 0.233 e. The Hall–Kier alpha value is -2.84. The Balaban J connectivity index is 1.49. The highest BCUT2D eigenvalue weighted by atomic mass is 32.2. The van der Waals surface area contributed by atoms with Gasteiger partial charge in [-0.25, -0.2) is 0 Å². The number of nitrogens with zero attached hydrogens (tertiary/aromatic N) is 4. The third kappa shape index (κ3) is 5.08. The van der Waals surface area contributed by atoms with Gasteiger partial charge in [0, 0.05) is 17.0 Å². The zero-order chi connectivity index (χ0) is 21.6. The number of furan rings is 1. The SMILES string of the molecule is CCn1c(SCC(=O)N(Cc2ccco2)Cc2cccs2)nnc1-c1ccccc1C. The molecule has 6 nitrogen and oxygen atoms in total. The molecule has 0 atom stereocenters. The first kappa shape index (κ1) is 21.4. The zero-order valence-corrected chi connectivity index (χ0v) is 19.2. The molecule has 1 amide bonds. The van der Waals surface area contributed by atoms with Gasteiger partial charge in [0.2, 0.25) is 5.91 Å². The van der Waals surface area contributed by atoms with Gasteiger partial charge >= 0.3 is 0 Å². The van der Waals surface area contributed by atoms with Crippen molar-refractivity contribution in [3.8, 4) is 11.4 Å². The van der Waals surface area contributed by atoms with Gasteiger partial charge in [-0.05, 0) is 43.0 Å². The van der Waals surface area contributed by atoms with Crippen LogP contribution >= 0.6 is 23.1 Å². The minimum atomic E-state index is 0.0397. The van der Waals surface area contributed by atoms with E-state index in [1.54, 1.807) is 17.6 Å². The predicted octanol–water partition coefficient (Wildman–Crippen LogP) is 5.25. The molecule has 0 saturated carbocycles. The Morgan fingerprint density at radius 2 is 2.00 bits per heavy atom. The molecule has 4 rings (SSSR count). The molecule has 0 bridgehead atoms. The number of carbonyl (C=O) groups is 1. The summed E-state index contributed by atoms with van der Waals surface area (Å²) in [6, 6.07) is 15.9. The molecule has 0 aliphatic rings. The second-order valence-electron chi connectivity index (χ2n) is 7.06. The largest absolute Gasteiger partial charge is 0.467 e. The average molecular weight is 453 g/mol. The average Bonchev–Trinajstić information content (AvgIpc) is 3.54. The predicted molar refractivity (Wildman–Crippen MR) is 124 cm³/mol. The van der Waals surface area contributed by atoms with Crippen LogP contribution in [0.3, 0.4) is 0 Å². The second kappa shape index (κ2) is 9.98. The number of aromatic nitrogens is 3. The van der Waals surface area contributed by atoms with E-state index in [9.17, 15) is 4.79 Å². The lowest BCUT2D eigenvalue weighted by Gasteiger charge is -2.21. The van der Waals surface area contributed by atoms with E-state index in [1.165, 1.54) is 11.8 Å². The molecular weight excluding hydrogens is 428 g/mol. The van der Waals surface area contributed by atoms with E-state index in [4.69, 9.17) is 4.42 Å². The van der Waals surface area contributed by atoms with E-state index in [-0.39, 0.29) is 11.7 Å². The molecule has 0 aliphatic carbocycles. The minimum Gasteiger partial charge on any atom is -0.467 e. The van der Waals surface area contributed by atoms with Crippen molar-refractivity contribution >= 4 is 29.0 Å². The summed E-state index contributed by atoms with van der Waals surface area (Å²) < 4.78 is 7.54. The quantitative estimate of drug-likeness (QED) is 0.325. The Bertz CT molecular complexity index is 1080. The summed E-state index contributed by atoms with van der Waals surface area (Å²) in [7, 11) is 0. The number of hydrogen-bond donors (Lipinski definition) is 0. The maximum atomic E-state index is 13.1. The number of thioether (sulfide) groups is 1. The summed E-state index contributed by atoms with van der Waals surface area (Å²) in [6.45, 7) is 5.87. The number of rotatable bonds is 9. The third-order valence-corrected chi connectivity index (χ3v) is 6.76. The fourth-order valence-corrected chi connectivity index (χ4v) is 4.96. The van der Waals surface area contributed by atoms with Gasteiger partial charge < -0.3 is 13.9 Å². The molecule has 0 unspecified atom stereocenters. The lowest BCUT2D eigenvalue weighted by Crippen LogP contribution is -2.31. The van der Waals surface area contributed by atoms with E-state index in [2.05, 4.69) is 40.7 Å². The van der Waals surface area contributed by atoms with E-state index < -0.39 is 0 Å². The lowest BCUT2D eigenvalue weighted by atomic mass is 10.1. The van der Waals surface area contributed by atoms with Gasteiger partial charge in [-0.1, -0.05) is 42.1 Å². The minimum absolute atomic E-state index is 0.0397. The number of thiophene rings is 1. The van der Waals surface area contributed by atoms with Gasteiger partial charge in [-0.15, -0.1) is 21.5 Å². The molecule has 0 spiro atoms.